The Balaban J connectivity index is 1.33. The van der Waals surface area contributed by atoms with E-state index in [1.54, 1.807) is 35.5 Å². The van der Waals surface area contributed by atoms with E-state index in [4.69, 9.17) is 9.72 Å². The number of nitrogens with zero attached hydrogens (tertiary/aromatic N) is 6. The van der Waals surface area contributed by atoms with E-state index in [-0.39, 0.29) is 46.8 Å². The number of carbonyl (C=O) groups excluding carboxylic acids is 1. The summed E-state index contributed by atoms with van der Waals surface area (Å²) in [7, 11) is -4.17. The Morgan fingerprint density at radius 3 is 2.44 bits per heavy atom. The number of nitrogens with one attached hydrogen (secondary N) is 1. The average Bonchev–Trinajstić information content (AvgIpc) is 3.63. The van der Waals surface area contributed by atoms with Crippen LogP contribution in [0.15, 0.2) is 65.8 Å². The highest BCUT2D eigenvalue weighted by molar-refractivity contribution is 7.92. The summed E-state index contributed by atoms with van der Waals surface area (Å²) in [6.45, 7) is 11.6. The van der Waals surface area contributed by atoms with E-state index < -0.39 is 16.1 Å². The van der Waals surface area contributed by atoms with E-state index >= 15 is 0 Å². The summed E-state index contributed by atoms with van der Waals surface area (Å²) in [5, 5.41) is 0. The second kappa shape index (κ2) is 12.1. The molecule has 4 aliphatic rings. The SMILES string of the molecule is Cc1cccc(C)c1-c1cc2nc(n1)NS(=O)(=O)c1cccc(c1)C(=O)N(Cc1cncc(N3CC4CC3C4)n1)[C@H](CC(C)(C)C)CO2. The lowest BCUT2D eigenvalue weighted by molar-refractivity contribution is 0.0509. The largest absolute Gasteiger partial charge is 0.475 e. The van der Waals surface area contributed by atoms with E-state index in [0.29, 0.717) is 29.8 Å². The van der Waals surface area contributed by atoms with Gasteiger partial charge in [-0.05, 0) is 73.8 Å². The molecule has 0 spiro atoms. The molecule has 2 aromatic carbocycles. The van der Waals surface area contributed by atoms with Gasteiger partial charge in [0.05, 0.1) is 41.3 Å². The number of fused-ring (bicyclic) bond motifs is 5. The molecule has 6 bridgehead atoms. The summed E-state index contributed by atoms with van der Waals surface area (Å²) in [5.74, 6) is 1.30. The molecule has 12 heteroatoms. The minimum absolute atomic E-state index is 0.0710. The van der Waals surface area contributed by atoms with Gasteiger partial charge in [-0.25, -0.2) is 23.1 Å². The number of ether oxygens (including phenoxy) is 1. The van der Waals surface area contributed by atoms with Gasteiger partial charge in [0, 0.05) is 29.8 Å². The quantitative estimate of drug-likeness (QED) is 0.281. The molecule has 3 aliphatic heterocycles. The summed E-state index contributed by atoms with van der Waals surface area (Å²) in [4.78, 5) is 37.1. The van der Waals surface area contributed by atoms with Crippen LogP contribution >= 0.6 is 0 Å². The van der Waals surface area contributed by atoms with Crippen LogP contribution in [0.1, 0.15) is 67.2 Å². The Morgan fingerprint density at radius 2 is 1.73 bits per heavy atom. The molecule has 4 aromatic rings. The Labute approximate surface area is 281 Å². The van der Waals surface area contributed by atoms with Gasteiger partial charge in [0.2, 0.25) is 11.8 Å². The van der Waals surface area contributed by atoms with E-state index in [9.17, 15) is 13.2 Å². The van der Waals surface area contributed by atoms with E-state index in [2.05, 4.69) is 45.3 Å². The molecule has 2 aromatic heterocycles. The second-order valence-electron chi connectivity index (χ2n) is 14.5. The molecule has 48 heavy (non-hydrogen) atoms. The Kier molecular flexibility index (Phi) is 8.09. The maximum Gasteiger partial charge on any atom is 0.264 e. The van der Waals surface area contributed by atoms with Gasteiger partial charge in [-0.15, -0.1) is 0 Å². The molecule has 2 saturated heterocycles. The highest BCUT2D eigenvalue weighted by atomic mass is 32.2. The first-order chi connectivity index (χ1) is 22.8. The molecule has 1 aliphatic carbocycles. The summed E-state index contributed by atoms with van der Waals surface area (Å²) in [6, 6.07) is 13.8. The van der Waals surface area contributed by atoms with Crippen molar-refractivity contribution in [2.24, 2.45) is 11.3 Å². The highest BCUT2D eigenvalue weighted by Gasteiger charge is 2.43. The van der Waals surface area contributed by atoms with Gasteiger partial charge in [0.15, 0.2) is 0 Å². The zero-order valence-corrected chi connectivity index (χ0v) is 28.8. The molecule has 0 radical (unpaired) electrons. The average molecular weight is 668 g/mol. The predicted molar refractivity (Wildman–Crippen MR) is 183 cm³/mol. The molecular weight excluding hydrogens is 627 g/mol. The van der Waals surface area contributed by atoms with Gasteiger partial charge in [0.1, 0.15) is 12.4 Å². The van der Waals surface area contributed by atoms with Crippen LogP contribution in [0.3, 0.4) is 0 Å². The van der Waals surface area contributed by atoms with Crippen LogP contribution in [0, 0.1) is 25.2 Å². The number of carbonyl (C=O) groups is 1. The first-order valence-electron chi connectivity index (χ1n) is 16.4. The monoisotopic (exact) mass is 667 g/mol. The van der Waals surface area contributed by atoms with Crippen LogP contribution in [-0.4, -0.2) is 64.4 Å². The molecule has 11 nitrogen and oxygen atoms in total. The standard InChI is InChI=1S/C36H41N7O4S/c1-22-8-6-9-23(2)33(22)30-15-32-40-35(39-30)41-48(45,46)29-11-7-10-25(14-29)34(44)43(28(21-47-32)16-36(3,4)5)20-26-17-37-18-31(38-26)42-19-24-12-27(42)13-24/h6-11,14-15,17-18,24,27-28H,12-13,16,19-21H2,1-5H3,(H,39,40,41)/t24?,27?,28-/m1/s1. The van der Waals surface area contributed by atoms with Crippen LogP contribution in [0.4, 0.5) is 11.8 Å². The first-order valence-corrected chi connectivity index (χ1v) is 17.9. The summed E-state index contributed by atoms with van der Waals surface area (Å²) < 4.78 is 36.3. The molecule has 0 unspecified atom stereocenters. The third-order valence-electron chi connectivity index (χ3n) is 9.43. The summed E-state index contributed by atoms with van der Waals surface area (Å²) in [5.41, 5.74) is 4.08. The van der Waals surface area contributed by atoms with Crippen molar-refractivity contribution in [1.29, 1.82) is 0 Å². The third-order valence-corrected chi connectivity index (χ3v) is 10.8. The lowest BCUT2D eigenvalue weighted by Crippen LogP contribution is -2.45. The molecule has 5 heterocycles. The normalized spacial score (nSPS) is 21.7. The van der Waals surface area contributed by atoms with E-state index in [0.717, 1.165) is 29.1 Å². The van der Waals surface area contributed by atoms with Gasteiger partial charge < -0.3 is 14.5 Å². The number of aryl methyl sites for hydroxylation is 2. The molecular formula is C36H41N7O4S. The van der Waals surface area contributed by atoms with Crippen molar-refractivity contribution < 1.29 is 17.9 Å². The summed E-state index contributed by atoms with van der Waals surface area (Å²) in [6.07, 6.45) is 6.46. The van der Waals surface area contributed by atoms with Crippen LogP contribution in [0.5, 0.6) is 5.88 Å². The topological polar surface area (TPSA) is 131 Å². The Bertz CT molecular complexity index is 1970. The number of hydrogen-bond acceptors (Lipinski definition) is 9. The van der Waals surface area contributed by atoms with Gasteiger partial charge in [-0.1, -0.05) is 45.0 Å². The van der Waals surface area contributed by atoms with Gasteiger partial charge in [-0.3, -0.25) is 9.78 Å². The maximum atomic E-state index is 14.5. The Morgan fingerprint density at radius 1 is 0.979 bits per heavy atom. The molecule has 1 atom stereocenters. The van der Waals surface area contributed by atoms with E-state index in [1.807, 2.05) is 32.0 Å². The smallest absolute Gasteiger partial charge is 0.264 e. The molecule has 1 amide bonds. The van der Waals surface area contributed by atoms with Gasteiger partial charge >= 0.3 is 0 Å². The zero-order valence-electron chi connectivity index (χ0n) is 28.0. The highest BCUT2D eigenvalue weighted by Crippen LogP contribution is 2.42. The van der Waals surface area contributed by atoms with Gasteiger partial charge in [-0.2, -0.15) is 4.98 Å². The molecule has 250 valence electrons. The molecule has 8 rings (SSSR count). The maximum absolute atomic E-state index is 14.5. The number of rotatable bonds is 5. The van der Waals surface area contributed by atoms with Crippen molar-refractivity contribution in [1.82, 2.24) is 24.8 Å². The fourth-order valence-electron chi connectivity index (χ4n) is 7.14. The van der Waals surface area contributed by atoms with Crippen molar-refractivity contribution in [2.45, 2.75) is 77.4 Å². The van der Waals surface area contributed by atoms with Crippen LogP contribution in [-0.2, 0) is 16.6 Å². The van der Waals surface area contributed by atoms with Gasteiger partial charge in [0.25, 0.3) is 15.9 Å². The second-order valence-corrected chi connectivity index (χ2v) is 16.2. The fourth-order valence-corrected chi connectivity index (χ4v) is 8.13. The Hall–Kier alpha value is -4.58. The van der Waals surface area contributed by atoms with Crippen LogP contribution < -0.4 is 14.4 Å². The van der Waals surface area contributed by atoms with Crippen molar-refractivity contribution in [2.75, 3.05) is 22.8 Å². The number of aromatic nitrogens is 4. The van der Waals surface area contributed by atoms with Crippen molar-refractivity contribution >= 4 is 27.7 Å². The third kappa shape index (κ3) is 6.45. The number of anilines is 2. The number of benzene rings is 2. The van der Waals surface area contributed by atoms with Crippen LogP contribution in [0.2, 0.25) is 0 Å². The summed E-state index contributed by atoms with van der Waals surface area (Å²) >= 11 is 0. The number of amides is 1. The number of hydrogen-bond donors (Lipinski definition) is 1. The predicted octanol–water partition coefficient (Wildman–Crippen LogP) is 5.79. The lowest BCUT2D eigenvalue weighted by Gasteiger charge is -2.35. The van der Waals surface area contributed by atoms with E-state index in [1.165, 1.54) is 25.0 Å². The van der Waals surface area contributed by atoms with Crippen molar-refractivity contribution in [3.8, 4) is 17.1 Å². The lowest BCUT2D eigenvalue weighted by atomic mass is 9.86. The fraction of sp³-hybridized carbons (Fsp3) is 0.417. The van der Waals surface area contributed by atoms with Crippen LogP contribution in [0.25, 0.3) is 11.3 Å². The zero-order chi connectivity index (χ0) is 33.8. The minimum atomic E-state index is -4.17. The molecule has 1 N–H and O–H groups in total. The molecule has 3 fully saturated rings. The molecule has 1 saturated carbocycles. The van der Waals surface area contributed by atoms with Crippen molar-refractivity contribution in [3.05, 3.63) is 83.3 Å². The minimum Gasteiger partial charge on any atom is -0.475 e. The number of sulfonamides is 1. The first kappa shape index (κ1) is 32.0. The van der Waals surface area contributed by atoms with Crippen molar-refractivity contribution in [3.63, 3.8) is 0 Å².